The molecule has 0 bridgehead atoms. The number of rotatable bonds is 7. The SMILES string of the molecule is COc1ccc(-c2nnc(S[C@@H](C)C(=O)Nc3ccccc3C(C)=O)o2)cc1. The third-order valence-corrected chi connectivity index (χ3v) is 4.89. The number of ether oxygens (including phenoxy) is 1. The van der Waals surface area contributed by atoms with Crippen molar-refractivity contribution < 1.29 is 18.7 Å². The van der Waals surface area contributed by atoms with Crippen molar-refractivity contribution in [2.45, 2.75) is 24.3 Å². The number of anilines is 1. The molecule has 0 saturated heterocycles. The molecule has 0 aliphatic rings. The molecule has 28 heavy (non-hydrogen) atoms. The lowest BCUT2D eigenvalue weighted by atomic mass is 10.1. The van der Waals surface area contributed by atoms with Gasteiger partial charge in [-0.1, -0.05) is 23.9 Å². The van der Waals surface area contributed by atoms with Crippen LogP contribution in [0.3, 0.4) is 0 Å². The first-order valence-electron chi connectivity index (χ1n) is 8.53. The maximum absolute atomic E-state index is 12.5. The molecule has 3 aromatic rings. The van der Waals surface area contributed by atoms with Gasteiger partial charge in [-0.2, -0.15) is 0 Å². The summed E-state index contributed by atoms with van der Waals surface area (Å²) < 4.78 is 10.8. The van der Waals surface area contributed by atoms with Gasteiger partial charge in [-0.05, 0) is 50.2 Å². The maximum atomic E-state index is 12.5. The standard InChI is InChI=1S/C20H19N3O4S/c1-12(24)16-6-4-5-7-17(16)21-18(25)13(2)28-20-23-22-19(27-20)14-8-10-15(26-3)11-9-14/h4-11,13H,1-3H3,(H,21,25)/t13-/m0/s1. The number of ketones is 1. The van der Waals surface area contributed by atoms with Gasteiger partial charge in [0, 0.05) is 11.1 Å². The second-order valence-corrected chi connectivity index (χ2v) is 7.24. The molecule has 0 unspecified atom stereocenters. The summed E-state index contributed by atoms with van der Waals surface area (Å²) >= 11 is 1.15. The highest BCUT2D eigenvalue weighted by molar-refractivity contribution is 8.00. The van der Waals surface area contributed by atoms with Crippen LogP contribution < -0.4 is 10.1 Å². The van der Waals surface area contributed by atoms with Gasteiger partial charge in [0.2, 0.25) is 11.8 Å². The lowest BCUT2D eigenvalue weighted by Gasteiger charge is -2.12. The van der Waals surface area contributed by atoms with Gasteiger partial charge in [0.1, 0.15) is 5.75 Å². The maximum Gasteiger partial charge on any atom is 0.277 e. The highest BCUT2D eigenvalue weighted by Gasteiger charge is 2.20. The number of benzene rings is 2. The van der Waals surface area contributed by atoms with Gasteiger partial charge in [0.05, 0.1) is 18.0 Å². The number of Topliss-reactive ketones (excluding diaryl/α,β-unsaturated/α-hetero) is 1. The van der Waals surface area contributed by atoms with Crippen LogP contribution in [0, 0.1) is 0 Å². The van der Waals surface area contributed by atoms with Gasteiger partial charge in [-0.3, -0.25) is 9.59 Å². The summed E-state index contributed by atoms with van der Waals surface area (Å²) in [6.45, 7) is 3.19. The van der Waals surface area contributed by atoms with Gasteiger partial charge in [-0.25, -0.2) is 0 Å². The fourth-order valence-electron chi connectivity index (χ4n) is 2.45. The molecular weight excluding hydrogens is 378 g/mol. The monoisotopic (exact) mass is 397 g/mol. The number of hydrogen-bond donors (Lipinski definition) is 1. The summed E-state index contributed by atoms with van der Waals surface area (Å²) in [5.74, 6) is 0.717. The molecule has 0 fully saturated rings. The molecule has 0 spiro atoms. The van der Waals surface area contributed by atoms with E-state index in [4.69, 9.17) is 9.15 Å². The molecule has 8 heteroatoms. The van der Waals surface area contributed by atoms with E-state index in [1.807, 2.05) is 12.1 Å². The number of para-hydroxylation sites is 1. The van der Waals surface area contributed by atoms with Crippen LogP contribution in [0.15, 0.2) is 58.2 Å². The summed E-state index contributed by atoms with van der Waals surface area (Å²) in [4.78, 5) is 24.2. The predicted octanol–water partition coefficient (Wildman–Crippen LogP) is 4.07. The van der Waals surface area contributed by atoms with E-state index < -0.39 is 5.25 Å². The van der Waals surface area contributed by atoms with E-state index in [1.165, 1.54) is 6.92 Å². The Morgan fingerprint density at radius 3 is 2.50 bits per heavy atom. The van der Waals surface area contributed by atoms with Gasteiger partial charge < -0.3 is 14.5 Å². The normalized spacial score (nSPS) is 11.7. The van der Waals surface area contributed by atoms with E-state index >= 15 is 0 Å². The molecule has 1 atom stereocenters. The van der Waals surface area contributed by atoms with Crippen molar-refractivity contribution in [1.82, 2.24) is 10.2 Å². The minimum Gasteiger partial charge on any atom is -0.497 e. The molecule has 0 aliphatic heterocycles. The molecule has 0 radical (unpaired) electrons. The van der Waals surface area contributed by atoms with Crippen LogP contribution in [-0.2, 0) is 4.79 Å². The van der Waals surface area contributed by atoms with Crippen LogP contribution in [0.2, 0.25) is 0 Å². The Morgan fingerprint density at radius 2 is 1.82 bits per heavy atom. The third kappa shape index (κ3) is 4.58. The van der Waals surface area contributed by atoms with Gasteiger partial charge in [-0.15, -0.1) is 10.2 Å². The van der Waals surface area contributed by atoms with Crippen molar-refractivity contribution in [3.63, 3.8) is 0 Å². The average molecular weight is 397 g/mol. The molecule has 0 saturated carbocycles. The van der Waals surface area contributed by atoms with Crippen LogP contribution in [0.1, 0.15) is 24.2 Å². The summed E-state index contributed by atoms with van der Waals surface area (Å²) in [6.07, 6.45) is 0. The van der Waals surface area contributed by atoms with Crippen molar-refractivity contribution in [2.75, 3.05) is 12.4 Å². The largest absolute Gasteiger partial charge is 0.497 e. The van der Waals surface area contributed by atoms with Crippen LogP contribution in [0.5, 0.6) is 5.75 Å². The first-order chi connectivity index (χ1) is 13.5. The van der Waals surface area contributed by atoms with E-state index in [9.17, 15) is 9.59 Å². The lowest BCUT2D eigenvalue weighted by Crippen LogP contribution is -2.23. The molecule has 2 aromatic carbocycles. The zero-order chi connectivity index (χ0) is 20.1. The summed E-state index contributed by atoms with van der Waals surface area (Å²) in [5, 5.41) is 10.6. The Balaban J connectivity index is 1.66. The Hall–Kier alpha value is -3.13. The number of amides is 1. The van der Waals surface area contributed by atoms with Crippen LogP contribution in [0.4, 0.5) is 5.69 Å². The topological polar surface area (TPSA) is 94.3 Å². The van der Waals surface area contributed by atoms with Crippen molar-refractivity contribution in [3.8, 4) is 17.2 Å². The third-order valence-electron chi connectivity index (χ3n) is 3.95. The first kappa shape index (κ1) is 19.6. The first-order valence-corrected chi connectivity index (χ1v) is 9.41. The number of hydrogen-bond acceptors (Lipinski definition) is 7. The quantitative estimate of drug-likeness (QED) is 0.474. The zero-order valence-corrected chi connectivity index (χ0v) is 16.4. The Labute approximate surface area is 166 Å². The van der Waals surface area contributed by atoms with E-state index in [-0.39, 0.29) is 16.9 Å². The van der Waals surface area contributed by atoms with E-state index in [0.29, 0.717) is 17.1 Å². The van der Waals surface area contributed by atoms with Gasteiger partial charge in [0.25, 0.3) is 5.22 Å². The lowest BCUT2D eigenvalue weighted by molar-refractivity contribution is -0.115. The number of thioether (sulfide) groups is 1. The van der Waals surface area contributed by atoms with Crippen molar-refractivity contribution in [1.29, 1.82) is 0 Å². The van der Waals surface area contributed by atoms with E-state index in [0.717, 1.165) is 23.1 Å². The van der Waals surface area contributed by atoms with Gasteiger partial charge >= 0.3 is 0 Å². The Kier molecular flexibility index (Phi) is 6.10. The van der Waals surface area contributed by atoms with Crippen LogP contribution in [0.25, 0.3) is 11.5 Å². The highest BCUT2D eigenvalue weighted by Crippen LogP contribution is 2.28. The Morgan fingerprint density at radius 1 is 1.11 bits per heavy atom. The van der Waals surface area contributed by atoms with Gasteiger partial charge in [0.15, 0.2) is 5.78 Å². The smallest absolute Gasteiger partial charge is 0.277 e. The van der Waals surface area contributed by atoms with Crippen LogP contribution in [-0.4, -0.2) is 34.2 Å². The number of carbonyl (C=O) groups is 2. The fraction of sp³-hybridized carbons (Fsp3) is 0.200. The predicted molar refractivity (Wildman–Crippen MR) is 107 cm³/mol. The van der Waals surface area contributed by atoms with E-state index in [1.54, 1.807) is 50.4 Å². The number of aromatic nitrogens is 2. The Bertz CT molecular complexity index is 985. The van der Waals surface area contributed by atoms with Crippen LogP contribution >= 0.6 is 11.8 Å². The molecule has 3 rings (SSSR count). The molecule has 1 heterocycles. The van der Waals surface area contributed by atoms with Crippen molar-refractivity contribution in [2.24, 2.45) is 0 Å². The summed E-state index contributed by atoms with van der Waals surface area (Å²) in [5.41, 5.74) is 1.71. The zero-order valence-electron chi connectivity index (χ0n) is 15.6. The minimum atomic E-state index is -0.496. The molecule has 7 nitrogen and oxygen atoms in total. The van der Waals surface area contributed by atoms with E-state index in [2.05, 4.69) is 15.5 Å². The number of nitrogens with one attached hydrogen (secondary N) is 1. The second kappa shape index (κ2) is 8.71. The summed E-state index contributed by atoms with van der Waals surface area (Å²) in [7, 11) is 1.59. The number of nitrogens with zero attached hydrogens (tertiary/aromatic N) is 2. The molecular formula is C20H19N3O4S. The highest BCUT2D eigenvalue weighted by atomic mass is 32.2. The molecule has 1 N–H and O–H groups in total. The number of methoxy groups -OCH3 is 1. The molecule has 1 aromatic heterocycles. The number of carbonyl (C=O) groups excluding carboxylic acids is 2. The van der Waals surface area contributed by atoms with Crippen molar-refractivity contribution >= 4 is 29.1 Å². The second-order valence-electron chi connectivity index (χ2n) is 5.95. The fourth-order valence-corrected chi connectivity index (χ4v) is 3.13. The molecule has 0 aliphatic carbocycles. The minimum absolute atomic E-state index is 0.114. The molecule has 144 valence electrons. The average Bonchev–Trinajstić information content (AvgIpc) is 3.16. The molecule has 1 amide bonds. The van der Waals surface area contributed by atoms with Crippen molar-refractivity contribution in [3.05, 3.63) is 54.1 Å². The summed E-state index contributed by atoms with van der Waals surface area (Å²) in [6, 6.07) is 14.1.